The highest BCUT2D eigenvalue weighted by molar-refractivity contribution is 5.84. The Morgan fingerprint density at radius 2 is 2.23 bits per heavy atom. The van der Waals surface area contributed by atoms with Gasteiger partial charge in [0.15, 0.2) is 0 Å². The number of rotatable bonds is 6. The van der Waals surface area contributed by atoms with Crippen molar-refractivity contribution in [2.75, 3.05) is 13.7 Å². The van der Waals surface area contributed by atoms with Crippen LogP contribution in [0.4, 0.5) is 0 Å². The third kappa shape index (κ3) is 3.74. The molecule has 0 aliphatic carbocycles. The van der Waals surface area contributed by atoms with Crippen LogP contribution in [0.15, 0.2) is 0 Å². The molecule has 0 aromatic carbocycles. The molecular weight excluding hydrogens is 168 g/mol. The second-order valence-corrected chi connectivity index (χ2v) is 3.48. The molecule has 0 saturated heterocycles. The van der Waals surface area contributed by atoms with Gasteiger partial charge in [-0.3, -0.25) is 4.79 Å². The molecule has 1 amide bonds. The predicted molar refractivity (Wildman–Crippen MR) is 52.4 cm³/mol. The van der Waals surface area contributed by atoms with Gasteiger partial charge in [-0.25, -0.2) is 0 Å². The van der Waals surface area contributed by atoms with E-state index in [1.807, 2.05) is 13.8 Å². The summed E-state index contributed by atoms with van der Waals surface area (Å²) in [6.07, 6.45) is 1.09. The highest BCUT2D eigenvalue weighted by Gasteiger charge is 2.29. The Kier molecular flexibility index (Phi) is 4.95. The summed E-state index contributed by atoms with van der Waals surface area (Å²) in [6, 6.07) is 0. The van der Waals surface area contributed by atoms with E-state index in [9.17, 15) is 4.79 Å². The normalized spacial score (nSPS) is 17.8. The monoisotopic (exact) mass is 188 g/mol. The summed E-state index contributed by atoms with van der Waals surface area (Å²) in [6.45, 7) is 6.05. The number of carbonyl (C=O) groups is 1. The van der Waals surface area contributed by atoms with Crippen LogP contribution in [-0.2, 0) is 9.53 Å². The Labute approximate surface area is 79.8 Å². The van der Waals surface area contributed by atoms with Crippen molar-refractivity contribution in [3.8, 4) is 0 Å². The van der Waals surface area contributed by atoms with Gasteiger partial charge in [0.1, 0.15) is 5.54 Å². The van der Waals surface area contributed by atoms with Gasteiger partial charge < -0.3 is 15.8 Å². The topological polar surface area (TPSA) is 64.3 Å². The van der Waals surface area contributed by atoms with Gasteiger partial charge in [0.05, 0.1) is 12.7 Å². The summed E-state index contributed by atoms with van der Waals surface area (Å²) in [5.41, 5.74) is 4.47. The number of nitrogens with one attached hydrogen (secondary N) is 1. The van der Waals surface area contributed by atoms with Crippen LogP contribution >= 0.6 is 0 Å². The number of likely N-dealkylation sites (N-methyl/N-ethyl adjacent to an activating group) is 1. The molecule has 4 heteroatoms. The SMILES string of the molecule is CCC(C)OCC(C)(NC)C(N)=O. The maximum absolute atomic E-state index is 11.0. The van der Waals surface area contributed by atoms with E-state index in [0.29, 0.717) is 6.61 Å². The van der Waals surface area contributed by atoms with Gasteiger partial charge in [-0.1, -0.05) is 6.92 Å². The van der Waals surface area contributed by atoms with Crippen molar-refractivity contribution in [3.63, 3.8) is 0 Å². The van der Waals surface area contributed by atoms with Crippen molar-refractivity contribution in [1.82, 2.24) is 5.32 Å². The molecule has 0 bridgehead atoms. The van der Waals surface area contributed by atoms with Gasteiger partial charge in [-0.15, -0.1) is 0 Å². The first-order valence-corrected chi connectivity index (χ1v) is 4.56. The summed E-state index contributed by atoms with van der Waals surface area (Å²) < 4.78 is 5.45. The summed E-state index contributed by atoms with van der Waals surface area (Å²) in [7, 11) is 1.70. The first kappa shape index (κ1) is 12.4. The molecule has 0 heterocycles. The lowest BCUT2D eigenvalue weighted by Crippen LogP contribution is -2.55. The number of hydrogen-bond donors (Lipinski definition) is 2. The number of nitrogens with two attached hydrogens (primary N) is 1. The van der Waals surface area contributed by atoms with Crippen molar-refractivity contribution in [2.24, 2.45) is 5.73 Å². The summed E-state index contributed by atoms with van der Waals surface area (Å²) in [4.78, 5) is 11.0. The smallest absolute Gasteiger partial charge is 0.239 e. The molecule has 0 radical (unpaired) electrons. The van der Waals surface area contributed by atoms with E-state index < -0.39 is 11.4 Å². The quantitative estimate of drug-likeness (QED) is 0.628. The molecule has 78 valence electrons. The molecule has 3 N–H and O–H groups in total. The lowest BCUT2D eigenvalue weighted by Gasteiger charge is -2.26. The summed E-state index contributed by atoms with van der Waals surface area (Å²) in [5.74, 6) is -0.390. The third-order valence-electron chi connectivity index (χ3n) is 2.33. The Morgan fingerprint density at radius 3 is 2.54 bits per heavy atom. The van der Waals surface area contributed by atoms with Gasteiger partial charge >= 0.3 is 0 Å². The standard InChI is InChI=1S/C9H20N2O2/c1-5-7(2)13-6-9(3,11-4)8(10)12/h7,11H,5-6H2,1-4H3,(H2,10,12). The van der Waals surface area contributed by atoms with Gasteiger partial charge in [0, 0.05) is 0 Å². The Balaban J connectivity index is 4.05. The maximum Gasteiger partial charge on any atom is 0.239 e. The van der Waals surface area contributed by atoms with Crippen LogP contribution in [-0.4, -0.2) is 31.2 Å². The first-order chi connectivity index (χ1) is 5.96. The van der Waals surface area contributed by atoms with Crippen LogP contribution in [0.1, 0.15) is 27.2 Å². The Bertz CT molecular complexity index is 173. The molecular formula is C9H20N2O2. The number of ether oxygens (including phenoxy) is 1. The van der Waals surface area contributed by atoms with Gasteiger partial charge in [-0.05, 0) is 27.3 Å². The average Bonchev–Trinajstić information content (AvgIpc) is 2.13. The summed E-state index contributed by atoms with van der Waals surface area (Å²) in [5, 5.41) is 2.86. The van der Waals surface area contributed by atoms with E-state index in [-0.39, 0.29) is 6.10 Å². The van der Waals surface area contributed by atoms with Crippen molar-refractivity contribution < 1.29 is 9.53 Å². The number of amides is 1. The molecule has 0 rings (SSSR count). The van der Waals surface area contributed by atoms with E-state index in [1.54, 1.807) is 14.0 Å². The molecule has 0 aromatic heterocycles. The maximum atomic E-state index is 11.0. The zero-order valence-electron chi connectivity index (χ0n) is 8.89. The van der Waals surface area contributed by atoms with E-state index in [2.05, 4.69) is 5.32 Å². The second-order valence-electron chi connectivity index (χ2n) is 3.48. The van der Waals surface area contributed by atoms with E-state index in [1.165, 1.54) is 0 Å². The van der Waals surface area contributed by atoms with Crippen LogP contribution in [0.5, 0.6) is 0 Å². The lowest BCUT2D eigenvalue weighted by atomic mass is 10.0. The molecule has 0 aromatic rings. The highest BCUT2D eigenvalue weighted by Crippen LogP contribution is 2.06. The predicted octanol–water partition coefficient (Wildman–Crippen LogP) is 0.265. The van der Waals surface area contributed by atoms with Gasteiger partial charge in [-0.2, -0.15) is 0 Å². The van der Waals surface area contributed by atoms with Crippen molar-refractivity contribution in [1.29, 1.82) is 0 Å². The number of hydrogen-bond acceptors (Lipinski definition) is 3. The van der Waals surface area contributed by atoms with E-state index in [4.69, 9.17) is 10.5 Å². The zero-order valence-corrected chi connectivity index (χ0v) is 8.89. The molecule has 0 aliphatic heterocycles. The Morgan fingerprint density at radius 1 is 1.69 bits per heavy atom. The van der Waals surface area contributed by atoms with E-state index in [0.717, 1.165) is 6.42 Å². The fourth-order valence-electron chi connectivity index (χ4n) is 0.693. The van der Waals surface area contributed by atoms with Crippen LogP contribution in [0, 0.1) is 0 Å². The molecule has 13 heavy (non-hydrogen) atoms. The molecule has 4 nitrogen and oxygen atoms in total. The first-order valence-electron chi connectivity index (χ1n) is 4.56. The molecule has 0 saturated carbocycles. The lowest BCUT2D eigenvalue weighted by molar-refractivity contribution is -0.126. The van der Waals surface area contributed by atoms with Crippen molar-refractivity contribution >= 4 is 5.91 Å². The van der Waals surface area contributed by atoms with E-state index >= 15 is 0 Å². The zero-order chi connectivity index (χ0) is 10.5. The fourth-order valence-corrected chi connectivity index (χ4v) is 0.693. The molecule has 0 aliphatic rings. The van der Waals surface area contributed by atoms with Crippen molar-refractivity contribution in [3.05, 3.63) is 0 Å². The third-order valence-corrected chi connectivity index (χ3v) is 2.33. The second kappa shape index (κ2) is 5.19. The van der Waals surface area contributed by atoms with Crippen LogP contribution < -0.4 is 11.1 Å². The van der Waals surface area contributed by atoms with Crippen LogP contribution in [0.25, 0.3) is 0 Å². The fraction of sp³-hybridized carbons (Fsp3) is 0.889. The van der Waals surface area contributed by atoms with Crippen molar-refractivity contribution in [2.45, 2.75) is 38.8 Å². The largest absolute Gasteiger partial charge is 0.376 e. The number of primary amides is 1. The van der Waals surface area contributed by atoms with Crippen LogP contribution in [0.2, 0.25) is 0 Å². The highest BCUT2D eigenvalue weighted by atomic mass is 16.5. The Hall–Kier alpha value is -0.610. The molecule has 2 atom stereocenters. The van der Waals surface area contributed by atoms with Gasteiger partial charge in [0.2, 0.25) is 5.91 Å². The molecule has 0 fully saturated rings. The minimum atomic E-state index is -0.760. The van der Waals surface area contributed by atoms with Gasteiger partial charge in [0.25, 0.3) is 0 Å². The number of carbonyl (C=O) groups excluding carboxylic acids is 1. The minimum absolute atomic E-state index is 0.159. The molecule has 0 spiro atoms. The minimum Gasteiger partial charge on any atom is -0.376 e. The van der Waals surface area contributed by atoms with Crippen LogP contribution in [0.3, 0.4) is 0 Å². The summed E-state index contributed by atoms with van der Waals surface area (Å²) >= 11 is 0. The average molecular weight is 188 g/mol. The molecule has 2 unspecified atom stereocenters.